The molecule has 2 nitrogen and oxygen atoms in total. The molecule has 1 aliphatic rings. The molecule has 0 fully saturated rings. The van der Waals surface area contributed by atoms with Gasteiger partial charge in [-0.2, -0.15) is 0 Å². The zero-order valence-electron chi connectivity index (χ0n) is 19.6. The van der Waals surface area contributed by atoms with E-state index >= 15 is 0 Å². The van der Waals surface area contributed by atoms with E-state index < -0.39 is 0 Å². The molecule has 30 heavy (non-hydrogen) atoms. The maximum atomic E-state index is 11.2. The Kier molecular flexibility index (Phi) is 7.07. The molecule has 2 aromatic carbocycles. The van der Waals surface area contributed by atoms with Crippen LogP contribution < -0.4 is 0 Å². The van der Waals surface area contributed by atoms with E-state index in [0.717, 1.165) is 61.0 Å². The summed E-state index contributed by atoms with van der Waals surface area (Å²) in [6.45, 7) is 13.3. The molecule has 2 aromatic rings. The van der Waals surface area contributed by atoms with Crippen LogP contribution in [0.15, 0.2) is 36.4 Å². The number of allylic oxidation sites excluding steroid dienone is 2. The van der Waals surface area contributed by atoms with E-state index in [0.29, 0.717) is 0 Å². The van der Waals surface area contributed by atoms with Crippen LogP contribution in [0.4, 0.5) is 0 Å². The second kappa shape index (κ2) is 9.55. The lowest BCUT2D eigenvalue weighted by atomic mass is 9.91. The zero-order valence-corrected chi connectivity index (χ0v) is 19.6. The fourth-order valence-electron chi connectivity index (χ4n) is 4.93. The third kappa shape index (κ3) is 3.93. The molecule has 3 rings (SSSR count). The third-order valence-corrected chi connectivity index (χ3v) is 6.55. The summed E-state index contributed by atoms with van der Waals surface area (Å²) < 4.78 is 1.39. The molecule has 158 valence electrons. The largest absolute Gasteiger partial charge is 0.493 e. The molecule has 0 aliphatic carbocycles. The first kappa shape index (κ1) is 22.2. The molecule has 1 heterocycles. The molecule has 0 radical (unpaired) electrons. The Morgan fingerprint density at radius 2 is 0.833 bits per heavy atom. The van der Waals surface area contributed by atoms with Crippen molar-refractivity contribution in [2.45, 2.75) is 80.1 Å². The van der Waals surface area contributed by atoms with Crippen LogP contribution >= 0.6 is 0 Å². The van der Waals surface area contributed by atoms with Gasteiger partial charge < -0.3 is 5.53 Å². The van der Waals surface area contributed by atoms with Crippen molar-refractivity contribution in [3.05, 3.63) is 86.5 Å². The third-order valence-electron chi connectivity index (χ3n) is 6.55. The summed E-state index contributed by atoms with van der Waals surface area (Å²) >= 11 is 0. The van der Waals surface area contributed by atoms with Crippen LogP contribution in [0.2, 0.25) is 0 Å². The van der Waals surface area contributed by atoms with Crippen LogP contribution in [0.5, 0.6) is 0 Å². The molecule has 2 heteroatoms. The predicted molar refractivity (Wildman–Crippen MR) is 129 cm³/mol. The van der Waals surface area contributed by atoms with Crippen molar-refractivity contribution in [1.29, 1.82) is 0 Å². The van der Waals surface area contributed by atoms with Gasteiger partial charge in [-0.15, -0.1) is 0 Å². The maximum absolute atomic E-state index is 11.2. The fourth-order valence-corrected chi connectivity index (χ4v) is 4.93. The van der Waals surface area contributed by atoms with Gasteiger partial charge in [-0.3, -0.25) is 0 Å². The Balaban J connectivity index is 2.01. The summed E-state index contributed by atoms with van der Waals surface area (Å²) in [7, 11) is 0. The van der Waals surface area contributed by atoms with E-state index in [1.165, 1.54) is 38.1 Å². The smallest absolute Gasteiger partial charge is 0.207 e. The highest BCUT2D eigenvalue weighted by molar-refractivity contribution is 5.76. The highest BCUT2D eigenvalue weighted by atomic mass is 15.2. The van der Waals surface area contributed by atoms with Gasteiger partial charge in [0.25, 0.3) is 0 Å². The average molecular weight is 401 g/mol. The molecule has 0 aromatic heterocycles. The molecule has 0 saturated heterocycles. The zero-order chi connectivity index (χ0) is 21.8. The van der Waals surface area contributed by atoms with Gasteiger partial charge in [-0.25, -0.2) is 4.70 Å². The SMILES string of the molecule is CCc1cc(C2=CC=C(c3cc(CC)c(CC)c(CC)c3)[N+]2=[N-])cc(CC)c1CC. The Labute approximate surface area is 182 Å². The van der Waals surface area contributed by atoms with Crippen LogP contribution in [-0.4, -0.2) is 4.70 Å². The van der Waals surface area contributed by atoms with Crippen LogP contribution in [0, 0.1) is 0 Å². The molecular formula is C28H36N2. The van der Waals surface area contributed by atoms with E-state index in [1.807, 2.05) is 0 Å². The minimum absolute atomic E-state index is 0.868. The van der Waals surface area contributed by atoms with E-state index in [1.54, 1.807) is 0 Å². The number of rotatable bonds is 8. The lowest BCUT2D eigenvalue weighted by molar-refractivity contribution is -0.344. The number of aryl methyl sites for hydroxylation is 4. The lowest BCUT2D eigenvalue weighted by Gasteiger charge is -2.17. The van der Waals surface area contributed by atoms with Gasteiger partial charge in [-0.05, 0) is 96.2 Å². The topological polar surface area (TPSA) is 25.3 Å². The Bertz CT molecular complexity index is 889. The van der Waals surface area contributed by atoms with Gasteiger partial charge in [0.1, 0.15) is 0 Å². The quantitative estimate of drug-likeness (QED) is 0.410. The van der Waals surface area contributed by atoms with Crippen molar-refractivity contribution in [3.8, 4) is 0 Å². The first-order valence-electron chi connectivity index (χ1n) is 11.7. The number of hydrogen-bond donors (Lipinski definition) is 0. The van der Waals surface area contributed by atoms with Crippen molar-refractivity contribution < 1.29 is 4.70 Å². The first-order chi connectivity index (χ1) is 14.5. The molecular weight excluding hydrogens is 364 g/mol. The van der Waals surface area contributed by atoms with Gasteiger partial charge in [0, 0.05) is 23.3 Å². The van der Waals surface area contributed by atoms with E-state index in [-0.39, 0.29) is 0 Å². The summed E-state index contributed by atoms with van der Waals surface area (Å²) in [5.74, 6) is 0. The normalized spacial score (nSPS) is 13.6. The van der Waals surface area contributed by atoms with Crippen molar-refractivity contribution in [3.63, 3.8) is 0 Å². The minimum Gasteiger partial charge on any atom is -0.493 e. The summed E-state index contributed by atoms with van der Waals surface area (Å²) in [5.41, 5.74) is 23.6. The Hall–Kier alpha value is -2.48. The lowest BCUT2D eigenvalue weighted by Crippen LogP contribution is -2.07. The molecule has 0 saturated carbocycles. The van der Waals surface area contributed by atoms with Gasteiger partial charge in [-0.1, -0.05) is 41.5 Å². The van der Waals surface area contributed by atoms with Gasteiger partial charge in [0.2, 0.25) is 11.4 Å². The monoisotopic (exact) mass is 400 g/mol. The van der Waals surface area contributed by atoms with Crippen molar-refractivity contribution in [1.82, 2.24) is 0 Å². The molecule has 0 unspecified atom stereocenters. The van der Waals surface area contributed by atoms with Gasteiger partial charge in [0.15, 0.2) is 0 Å². The molecule has 0 amide bonds. The van der Waals surface area contributed by atoms with E-state index in [9.17, 15) is 5.53 Å². The summed E-state index contributed by atoms with van der Waals surface area (Å²) in [4.78, 5) is 0. The van der Waals surface area contributed by atoms with Crippen LogP contribution in [0.1, 0.15) is 86.1 Å². The molecule has 0 spiro atoms. The highest BCUT2D eigenvalue weighted by Crippen LogP contribution is 2.34. The van der Waals surface area contributed by atoms with Crippen molar-refractivity contribution >= 4 is 11.4 Å². The maximum Gasteiger partial charge on any atom is 0.207 e. The highest BCUT2D eigenvalue weighted by Gasteiger charge is 2.25. The minimum atomic E-state index is 0.868. The molecule has 0 bridgehead atoms. The summed E-state index contributed by atoms with van der Waals surface area (Å²) in [6, 6.07) is 9.05. The Morgan fingerprint density at radius 3 is 1.07 bits per heavy atom. The molecule has 0 N–H and O–H groups in total. The second-order valence-corrected chi connectivity index (χ2v) is 8.08. The number of benzene rings is 2. The van der Waals surface area contributed by atoms with Crippen molar-refractivity contribution in [2.24, 2.45) is 0 Å². The Morgan fingerprint density at radius 1 is 0.533 bits per heavy atom. The average Bonchev–Trinajstić information content (AvgIpc) is 3.17. The summed E-state index contributed by atoms with van der Waals surface area (Å²) in [5, 5.41) is 0. The van der Waals surface area contributed by atoms with Crippen molar-refractivity contribution in [2.75, 3.05) is 0 Å². The number of hydrogen-bond acceptors (Lipinski definition) is 0. The molecule has 0 atom stereocenters. The van der Waals surface area contributed by atoms with Gasteiger partial charge >= 0.3 is 0 Å². The summed E-state index contributed by atoms with van der Waals surface area (Å²) in [6.07, 6.45) is 10.3. The van der Waals surface area contributed by atoms with Crippen LogP contribution in [-0.2, 0) is 38.5 Å². The predicted octanol–water partition coefficient (Wildman–Crippen LogP) is 7.49. The van der Waals surface area contributed by atoms with E-state index in [2.05, 4.69) is 78.0 Å². The number of nitrogens with zero attached hydrogens (tertiary/aromatic N) is 2. The van der Waals surface area contributed by atoms with Crippen LogP contribution in [0.25, 0.3) is 16.9 Å². The first-order valence-corrected chi connectivity index (χ1v) is 11.7. The molecule has 1 aliphatic heterocycles. The fraction of sp³-hybridized carbons (Fsp3) is 0.429. The second-order valence-electron chi connectivity index (χ2n) is 8.08. The van der Waals surface area contributed by atoms with E-state index in [4.69, 9.17) is 0 Å². The van der Waals surface area contributed by atoms with Crippen LogP contribution in [0.3, 0.4) is 0 Å². The van der Waals surface area contributed by atoms with Gasteiger partial charge in [0.05, 0.1) is 0 Å². The standard InChI is InChI=1S/C28H36N2/c1-7-19-15-23(16-20(8-2)25(19)11-5)27-13-14-28(30(27)29)24-17-21(9-3)26(12-6)22(10-4)18-24/h13-18H,7-12H2,1-6H3.